The summed E-state index contributed by atoms with van der Waals surface area (Å²) in [5, 5.41) is 10.9. The summed E-state index contributed by atoms with van der Waals surface area (Å²) >= 11 is 5.88. The van der Waals surface area contributed by atoms with Crippen molar-refractivity contribution in [2.45, 2.75) is 13.0 Å². The Kier molecular flexibility index (Phi) is 3.31. The Morgan fingerprint density at radius 3 is 2.71 bits per heavy atom. The van der Waals surface area contributed by atoms with E-state index in [9.17, 15) is 5.11 Å². The van der Waals surface area contributed by atoms with Crippen LogP contribution in [0.1, 0.15) is 22.8 Å². The van der Waals surface area contributed by atoms with Gasteiger partial charge in [-0.1, -0.05) is 17.7 Å². The number of benzene rings is 1. The summed E-state index contributed by atoms with van der Waals surface area (Å²) in [5.41, 5.74) is 8.66. The van der Waals surface area contributed by atoms with Crippen LogP contribution in [0.3, 0.4) is 0 Å². The van der Waals surface area contributed by atoms with E-state index < -0.39 is 6.10 Å². The maximum Gasteiger partial charge on any atom is 0.108 e. The quantitative estimate of drug-likeness (QED) is 0.859. The molecule has 0 spiro atoms. The van der Waals surface area contributed by atoms with Gasteiger partial charge in [-0.25, -0.2) is 0 Å². The van der Waals surface area contributed by atoms with Gasteiger partial charge in [0.05, 0.1) is 0 Å². The Labute approximate surface area is 105 Å². The van der Waals surface area contributed by atoms with Crippen LogP contribution in [-0.4, -0.2) is 10.1 Å². The van der Waals surface area contributed by atoms with E-state index in [1.54, 1.807) is 30.6 Å². The Hall–Kier alpha value is -1.58. The molecule has 0 aliphatic carbocycles. The molecule has 0 saturated carbocycles. The molecule has 0 aliphatic rings. The molecule has 1 heterocycles. The summed E-state index contributed by atoms with van der Waals surface area (Å²) in [6.07, 6.45) is 2.40. The van der Waals surface area contributed by atoms with Crippen molar-refractivity contribution in [1.29, 1.82) is 0 Å². The van der Waals surface area contributed by atoms with Crippen LogP contribution in [0.15, 0.2) is 36.7 Å². The van der Waals surface area contributed by atoms with Crippen LogP contribution in [0.25, 0.3) is 0 Å². The highest BCUT2D eigenvalue weighted by atomic mass is 35.5. The first-order valence-corrected chi connectivity index (χ1v) is 5.61. The van der Waals surface area contributed by atoms with Crippen molar-refractivity contribution in [2.75, 3.05) is 5.73 Å². The lowest BCUT2D eigenvalue weighted by Crippen LogP contribution is -2.05. The molecule has 1 aromatic heterocycles. The fraction of sp³-hybridized carbons (Fsp3) is 0.154. The van der Waals surface area contributed by atoms with Crippen LogP contribution in [0.4, 0.5) is 5.69 Å². The third-order valence-electron chi connectivity index (χ3n) is 2.71. The molecule has 0 bridgehead atoms. The Morgan fingerprint density at radius 2 is 2.06 bits per heavy atom. The smallest absolute Gasteiger partial charge is 0.108 e. The number of anilines is 1. The SMILES string of the molecule is Cc1cc(Cl)ccc1C(O)c1cnccc1N. The molecule has 0 saturated heterocycles. The van der Waals surface area contributed by atoms with E-state index in [1.807, 2.05) is 13.0 Å². The molecule has 88 valence electrons. The zero-order chi connectivity index (χ0) is 12.4. The Morgan fingerprint density at radius 1 is 1.29 bits per heavy atom. The average Bonchev–Trinajstić information content (AvgIpc) is 2.29. The molecule has 1 atom stereocenters. The number of aromatic nitrogens is 1. The van der Waals surface area contributed by atoms with Crippen molar-refractivity contribution in [3.05, 3.63) is 58.4 Å². The van der Waals surface area contributed by atoms with Crippen LogP contribution >= 0.6 is 11.6 Å². The predicted molar refractivity (Wildman–Crippen MR) is 68.9 cm³/mol. The van der Waals surface area contributed by atoms with E-state index in [4.69, 9.17) is 17.3 Å². The van der Waals surface area contributed by atoms with Crippen LogP contribution in [-0.2, 0) is 0 Å². The molecule has 3 nitrogen and oxygen atoms in total. The topological polar surface area (TPSA) is 59.1 Å². The first-order chi connectivity index (χ1) is 8.09. The molecule has 1 aromatic carbocycles. The van der Waals surface area contributed by atoms with Gasteiger partial charge in [0.1, 0.15) is 6.10 Å². The summed E-state index contributed by atoms with van der Waals surface area (Å²) in [7, 11) is 0. The second-order valence-electron chi connectivity index (χ2n) is 3.91. The van der Waals surface area contributed by atoms with E-state index in [0.717, 1.165) is 11.1 Å². The number of pyridine rings is 1. The Balaban J connectivity index is 2.44. The summed E-state index contributed by atoms with van der Waals surface area (Å²) in [4.78, 5) is 3.97. The van der Waals surface area contributed by atoms with E-state index in [1.165, 1.54) is 0 Å². The van der Waals surface area contributed by atoms with Crippen LogP contribution in [0.5, 0.6) is 0 Å². The highest BCUT2D eigenvalue weighted by Crippen LogP contribution is 2.29. The van der Waals surface area contributed by atoms with Crippen molar-refractivity contribution >= 4 is 17.3 Å². The molecule has 3 N–H and O–H groups in total. The van der Waals surface area contributed by atoms with Crippen molar-refractivity contribution in [2.24, 2.45) is 0 Å². The minimum Gasteiger partial charge on any atom is -0.398 e. The van der Waals surface area contributed by atoms with E-state index in [0.29, 0.717) is 16.3 Å². The van der Waals surface area contributed by atoms with Gasteiger partial charge in [0.2, 0.25) is 0 Å². The summed E-state index contributed by atoms with van der Waals surface area (Å²) in [6.45, 7) is 1.90. The normalized spacial score (nSPS) is 12.4. The van der Waals surface area contributed by atoms with Crippen molar-refractivity contribution in [3.63, 3.8) is 0 Å². The number of rotatable bonds is 2. The fourth-order valence-corrected chi connectivity index (χ4v) is 1.99. The lowest BCUT2D eigenvalue weighted by Gasteiger charge is -2.15. The highest BCUT2D eigenvalue weighted by Gasteiger charge is 2.15. The van der Waals surface area contributed by atoms with Crippen molar-refractivity contribution < 1.29 is 5.11 Å². The van der Waals surface area contributed by atoms with Gasteiger partial charge in [-0.05, 0) is 36.2 Å². The van der Waals surface area contributed by atoms with Gasteiger partial charge in [-0.2, -0.15) is 0 Å². The second-order valence-corrected chi connectivity index (χ2v) is 4.34. The molecule has 0 fully saturated rings. The van der Waals surface area contributed by atoms with Gasteiger partial charge in [0.15, 0.2) is 0 Å². The minimum absolute atomic E-state index is 0.529. The number of halogens is 1. The predicted octanol–water partition coefficient (Wildman–Crippen LogP) is 2.71. The van der Waals surface area contributed by atoms with Gasteiger partial charge in [0, 0.05) is 28.7 Å². The van der Waals surface area contributed by atoms with E-state index in [-0.39, 0.29) is 0 Å². The highest BCUT2D eigenvalue weighted by molar-refractivity contribution is 6.30. The summed E-state index contributed by atoms with van der Waals surface area (Å²) < 4.78 is 0. The number of aryl methyl sites for hydroxylation is 1. The largest absolute Gasteiger partial charge is 0.398 e. The number of aliphatic hydroxyl groups is 1. The Bertz CT molecular complexity index is 543. The molecule has 2 rings (SSSR count). The van der Waals surface area contributed by atoms with Gasteiger partial charge >= 0.3 is 0 Å². The number of nitrogens with zero attached hydrogens (tertiary/aromatic N) is 1. The molecular formula is C13H13ClN2O. The number of hydrogen-bond acceptors (Lipinski definition) is 3. The first kappa shape index (κ1) is 11.9. The van der Waals surface area contributed by atoms with Gasteiger partial charge < -0.3 is 10.8 Å². The van der Waals surface area contributed by atoms with Crippen molar-refractivity contribution in [1.82, 2.24) is 4.98 Å². The standard InChI is InChI=1S/C13H13ClN2O/c1-8-6-9(14)2-3-10(8)13(17)11-7-16-5-4-12(11)15/h2-7,13,17H,1H3,(H2,15,16). The fourth-order valence-electron chi connectivity index (χ4n) is 1.76. The number of aliphatic hydroxyl groups excluding tert-OH is 1. The number of nitrogens with two attached hydrogens (primary N) is 1. The number of nitrogen functional groups attached to an aromatic ring is 1. The summed E-state index contributed by atoms with van der Waals surface area (Å²) in [5.74, 6) is 0. The molecule has 0 amide bonds. The molecular weight excluding hydrogens is 236 g/mol. The molecule has 1 unspecified atom stereocenters. The molecule has 0 radical (unpaired) electrons. The maximum absolute atomic E-state index is 10.3. The van der Waals surface area contributed by atoms with Crippen LogP contribution in [0, 0.1) is 6.92 Å². The molecule has 2 aromatic rings. The van der Waals surface area contributed by atoms with Crippen LogP contribution in [0.2, 0.25) is 5.02 Å². The average molecular weight is 249 g/mol. The lowest BCUT2D eigenvalue weighted by molar-refractivity contribution is 0.220. The van der Waals surface area contributed by atoms with Gasteiger partial charge in [0.25, 0.3) is 0 Å². The zero-order valence-corrected chi connectivity index (χ0v) is 10.1. The third kappa shape index (κ3) is 2.40. The first-order valence-electron chi connectivity index (χ1n) is 5.23. The second kappa shape index (κ2) is 4.73. The summed E-state index contributed by atoms with van der Waals surface area (Å²) in [6, 6.07) is 7.03. The zero-order valence-electron chi connectivity index (χ0n) is 9.39. The lowest BCUT2D eigenvalue weighted by atomic mass is 9.98. The third-order valence-corrected chi connectivity index (χ3v) is 2.94. The van der Waals surface area contributed by atoms with E-state index >= 15 is 0 Å². The monoisotopic (exact) mass is 248 g/mol. The van der Waals surface area contributed by atoms with Crippen molar-refractivity contribution in [3.8, 4) is 0 Å². The van der Waals surface area contributed by atoms with Gasteiger partial charge in [-0.15, -0.1) is 0 Å². The minimum atomic E-state index is -0.777. The van der Waals surface area contributed by atoms with Crippen LogP contribution < -0.4 is 5.73 Å². The molecule has 4 heteroatoms. The molecule has 0 aliphatic heterocycles. The maximum atomic E-state index is 10.3. The van der Waals surface area contributed by atoms with E-state index in [2.05, 4.69) is 4.98 Å². The number of hydrogen-bond donors (Lipinski definition) is 2. The molecule has 17 heavy (non-hydrogen) atoms. The van der Waals surface area contributed by atoms with Gasteiger partial charge in [-0.3, -0.25) is 4.98 Å².